The Hall–Kier alpha value is 1.06. The topological polar surface area (TPSA) is 36.9 Å². The summed E-state index contributed by atoms with van der Waals surface area (Å²) < 4.78 is 21.7. The van der Waals surface area contributed by atoms with Gasteiger partial charge in [-0.2, -0.15) is 0 Å². The second kappa shape index (κ2) is 10.6. The summed E-state index contributed by atoms with van der Waals surface area (Å²) in [4.78, 5) is 0. The van der Waals surface area contributed by atoms with E-state index in [1.807, 2.05) is 27.7 Å². The molecule has 0 aromatic carbocycles. The molecule has 0 spiro atoms. The maximum absolute atomic E-state index is 5.42. The third kappa shape index (κ3) is 6.52. The molecular weight excluding hydrogens is 211 g/mol. The summed E-state index contributed by atoms with van der Waals surface area (Å²) in [5.74, 6) is 0. The Morgan fingerprint density at radius 3 is 1.00 bits per heavy atom. The van der Waals surface area contributed by atoms with E-state index >= 15 is 0 Å². The first-order valence-electron chi connectivity index (χ1n) is 4.80. The zero-order chi connectivity index (χ0) is 10.2. The van der Waals surface area contributed by atoms with Crippen LogP contribution in [-0.2, 0) is 17.7 Å². The molecule has 0 aliphatic rings. The standard InChI is InChI=1S/C8H20O4Si.Na.H/c1-5-9-13(10-6-2,11-7-3)12-8-4;;/h5-8H2,1-4H3;;. The van der Waals surface area contributed by atoms with Gasteiger partial charge in [0, 0.05) is 26.4 Å². The molecule has 0 heterocycles. The van der Waals surface area contributed by atoms with Crippen LogP contribution in [0.1, 0.15) is 27.7 Å². The van der Waals surface area contributed by atoms with Crippen LogP contribution in [0.25, 0.3) is 0 Å². The van der Waals surface area contributed by atoms with Gasteiger partial charge in [-0.1, -0.05) is 0 Å². The number of hydrogen-bond acceptors (Lipinski definition) is 4. The molecule has 6 heteroatoms. The molecule has 0 bridgehead atoms. The van der Waals surface area contributed by atoms with Crippen molar-refractivity contribution in [2.45, 2.75) is 27.7 Å². The van der Waals surface area contributed by atoms with Crippen molar-refractivity contribution in [3.63, 3.8) is 0 Å². The molecule has 0 rings (SSSR count). The van der Waals surface area contributed by atoms with Crippen molar-refractivity contribution in [1.29, 1.82) is 0 Å². The van der Waals surface area contributed by atoms with Crippen LogP contribution in [-0.4, -0.2) is 65.0 Å². The first kappa shape index (κ1) is 17.5. The third-order valence-corrected chi connectivity index (χ3v) is 3.85. The van der Waals surface area contributed by atoms with Crippen molar-refractivity contribution >= 4 is 38.6 Å². The van der Waals surface area contributed by atoms with Gasteiger partial charge in [0.05, 0.1) is 0 Å². The van der Waals surface area contributed by atoms with Gasteiger partial charge in [0.2, 0.25) is 0 Å². The van der Waals surface area contributed by atoms with Gasteiger partial charge in [0.15, 0.2) is 0 Å². The molecule has 0 aromatic heterocycles. The molecule has 0 N–H and O–H groups in total. The van der Waals surface area contributed by atoms with Crippen LogP contribution in [0, 0.1) is 0 Å². The van der Waals surface area contributed by atoms with Gasteiger partial charge in [0.25, 0.3) is 0 Å². The van der Waals surface area contributed by atoms with Crippen LogP contribution in [0.15, 0.2) is 0 Å². The summed E-state index contributed by atoms with van der Waals surface area (Å²) in [5, 5.41) is 0. The van der Waals surface area contributed by atoms with Gasteiger partial charge in [-0.25, -0.2) is 0 Å². The first-order chi connectivity index (χ1) is 6.24. The predicted molar refractivity (Wildman–Crippen MR) is 59.4 cm³/mol. The quantitative estimate of drug-likeness (QED) is 0.583. The summed E-state index contributed by atoms with van der Waals surface area (Å²) >= 11 is 0. The molecule has 0 saturated heterocycles. The molecule has 0 aliphatic heterocycles. The van der Waals surface area contributed by atoms with Gasteiger partial charge < -0.3 is 17.7 Å². The number of hydrogen-bond donors (Lipinski definition) is 0. The SMILES string of the molecule is CCO[Si](OCC)(OCC)OCC.[NaH]. The Labute approximate surface area is 110 Å². The van der Waals surface area contributed by atoms with E-state index in [4.69, 9.17) is 17.7 Å². The fourth-order valence-electron chi connectivity index (χ4n) is 0.957. The molecule has 4 nitrogen and oxygen atoms in total. The van der Waals surface area contributed by atoms with E-state index < -0.39 is 9.05 Å². The van der Waals surface area contributed by atoms with Crippen LogP contribution in [0.4, 0.5) is 0 Å². The minimum atomic E-state index is -2.80. The van der Waals surface area contributed by atoms with Crippen molar-refractivity contribution in [1.82, 2.24) is 0 Å². The third-order valence-electron chi connectivity index (χ3n) is 1.28. The Morgan fingerprint density at radius 2 is 0.857 bits per heavy atom. The fraction of sp³-hybridized carbons (Fsp3) is 1.00. The van der Waals surface area contributed by atoms with E-state index in [0.717, 1.165) is 0 Å². The van der Waals surface area contributed by atoms with Crippen molar-refractivity contribution in [2.75, 3.05) is 26.4 Å². The van der Waals surface area contributed by atoms with Crippen molar-refractivity contribution in [2.24, 2.45) is 0 Å². The van der Waals surface area contributed by atoms with Gasteiger partial charge in [-0.3, -0.25) is 0 Å². The summed E-state index contributed by atoms with van der Waals surface area (Å²) in [6.07, 6.45) is 0. The van der Waals surface area contributed by atoms with Crippen LogP contribution in [0.3, 0.4) is 0 Å². The molecule has 14 heavy (non-hydrogen) atoms. The van der Waals surface area contributed by atoms with Crippen molar-refractivity contribution in [3.05, 3.63) is 0 Å². The van der Waals surface area contributed by atoms with Gasteiger partial charge >= 0.3 is 38.6 Å². The normalized spacial score (nSPS) is 11.1. The molecule has 0 saturated carbocycles. The number of rotatable bonds is 8. The summed E-state index contributed by atoms with van der Waals surface area (Å²) in [7, 11) is -2.80. The van der Waals surface area contributed by atoms with E-state index in [2.05, 4.69) is 0 Å². The van der Waals surface area contributed by atoms with E-state index in [1.165, 1.54) is 0 Å². The van der Waals surface area contributed by atoms with E-state index in [-0.39, 0.29) is 29.6 Å². The summed E-state index contributed by atoms with van der Waals surface area (Å²) in [5.41, 5.74) is 0. The monoisotopic (exact) mass is 232 g/mol. The van der Waals surface area contributed by atoms with Crippen LogP contribution in [0.5, 0.6) is 0 Å². The fourth-order valence-corrected chi connectivity index (χ4v) is 2.87. The average Bonchev–Trinajstić information content (AvgIpc) is 2.06. The Kier molecular flexibility index (Phi) is 13.2. The predicted octanol–water partition coefficient (Wildman–Crippen LogP) is 0.919. The van der Waals surface area contributed by atoms with E-state index in [1.54, 1.807) is 0 Å². The van der Waals surface area contributed by atoms with Crippen LogP contribution < -0.4 is 0 Å². The summed E-state index contributed by atoms with van der Waals surface area (Å²) in [6, 6.07) is 0. The molecule has 0 aliphatic carbocycles. The molecule has 0 amide bonds. The van der Waals surface area contributed by atoms with Gasteiger partial charge in [0.1, 0.15) is 0 Å². The van der Waals surface area contributed by atoms with Crippen molar-refractivity contribution in [3.8, 4) is 0 Å². The molecule has 0 fully saturated rings. The second-order valence-electron chi connectivity index (χ2n) is 2.23. The molecule has 82 valence electrons. The van der Waals surface area contributed by atoms with Crippen molar-refractivity contribution < 1.29 is 17.7 Å². The Balaban J connectivity index is 0. The summed E-state index contributed by atoms with van der Waals surface area (Å²) in [6.45, 7) is 9.80. The minimum absolute atomic E-state index is 0. The van der Waals surface area contributed by atoms with Gasteiger partial charge in [-0.15, -0.1) is 0 Å². The zero-order valence-electron chi connectivity index (χ0n) is 8.96. The van der Waals surface area contributed by atoms with Crippen LogP contribution >= 0.6 is 0 Å². The maximum atomic E-state index is 5.42. The average molecular weight is 232 g/mol. The Bertz CT molecular complexity index is 96.4. The van der Waals surface area contributed by atoms with E-state index in [0.29, 0.717) is 26.4 Å². The molecule has 0 unspecified atom stereocenters. The first-order valence-corrected chi connectivity index (χ1v) is 6.43. The molecular formula is C8H21NaO4Si. The van der Waals surface area contributed by atoms with Gasteiger partial charge in [-0.05, 0) is 27.7 Å². The molecule has 0 aromatic rings. The van der Waals surface area contributed by atoms with E-state index in [9.17, 15) is 0 Å². The second-order valence-corrected chi connectivity index (χ2v) is 4.39. The molecule has 0 atom stereocenters. The zero-order valence-corrected chi connectivity index (χ0v) is 9.96. The Morgan fingerprint density at radius 1 is 0.643 bits per heavy atom. The molecule has 0 radical (unpaired) electrons. The van der Waals surface area contributed by atoms with Crippen LogP contribution in [0.2, 0.25) is 0 Å².